The molecule has 0 aliphatic heterocycles. The molecule has 3 aromatic rings. The van der Waals surface area contributed by atoms with Crippen molar-refractivity contribution in [1.82, 2.24) is 5.43 Å². The maximum Gasteiger partial charge on any atom is 0.273 e. The van der Waals surface area contributed by atoms with Crippen molar-refractivity contribution in [3.8, 4) is 5.75 Å². The van der Waals surface area contributed by atoms with Crippen molar-refractivity contribution in [2.24, 2.45) is 5.10 Å². The third-order valence-corrected chi connectivity index (χ3v) is 4.89. The normalized spacial score (nSPS) is 10.8. The number of rotatable bonds is 6. The monoisotopic (exact) mass is 501 g/mol. The fourth-order valence-electron chi connectivity index (χ4n) is 2.48. The molecule has 0 heterocycles. The Morgan fingerprint density at radius 3 is 2.54 bits per heavy atom. The van der Waals surface area contributed by atoms with Crippen LogP contribution >= 0.6 is 31.9 Å². The first kappa shape index (κ1) is 20.1. The highest BCUT2D eigenvalue weighted by molar-refractivity contribution is 9.11. The number of halogens is 2. The van der Waals surface area contributed by atoms with Crippen molar-refractivity contribution in [2.75, 3.05) is 5.73 Å². The summed E-state index contributed by atoms with van der Waals surface area (Å²) >= 11 is 6.98. The number of carbonyl (C=O) groups excluding carboxylic acids is 1. The van der Waals surface area contributed by atoms with Gasteiger partial charge in [0.25, 0.3) is 5.91 Å². The summed E-state index contributed by atoms with van der Waals surface area (Å²) in [6, 6.07) is 20.4. The number of nitrogen functional groups attached to an aromatic ring is 1. The first-order valence-electron chi connectivity index (χ1n) is 8.38. The molecule has 0 radical (unpaired) electrons. The van der Waals surface area contributed by atoms with Gasteiger partial charge in [-0.2, -0.15) is 5.10 Å². The molecule has 0 saturated carbocycles. The van der Waals surface area contributed by atoms with Crippen LogP contribution in [0.2, 0.25) is 0 Å². The summed E-state index contributed by atoms with van der Waals surface area (Å²) in [7, 11) is 0. The van der Waals surface area contributed by atoms with Crippen LogP contribution in [0.3, 0.4) is 0 Å². The van der Waals surface area contributed by atoms with Gasteiger partial charge >= 0.3 is 0 Å². The predicted octanol–water partition coefficient (Wildman–Crippen LogP) is 5.14. The molecule has 0 aromatic heterocycles. The van der Waals surface area contributed by atoms with E-state index in [9.17, 15) is 4.79 Å². The van der Waals surface area contributed by atoms with Gasteiger partial charge in [0.15, 0.2) is 0 Å². The van der Waals surface area contributed by atoms with Gasteiger partial charge in [0, 0.05) is 15.7 Å². The minimum Gasteiger partial charge on any atom is -0.487 e. The minimum atomic E-state index is -0.379. The number of nitrogens with zero attached hydrogens (tertiary/aromatic N) is 1. The van der Waals surface area contributed by atoms with E-state index < -0.39 is 0 Å². The molecule has 0 fully saturated rings. The number of carbonyl (C=O) groups is 1. The van der Waals surface area contributed by atoms with Crippen LogP contribution in [0.5, 0.6) is 5.75 Å². The molecule has 3 rings (SSSR count). The average molecular weight is 503 g/mol. The lowest BCUT2D eigenvalue weighted by Crippen LogP contribution is -2.19. The van der Waals surface area contributed by atoms with Crippen molar-refractivity contribution in [2.45, 2.75) is 6.61 Å². The smallest absolute Gasteiger partial charge is 0.273 e. The lowest BCUT2D eigenvalue weighted by Gasteiger charge is -2.12. The quantitative estimate of drug-likeness (QED) is 0.278. The topological polar surface area (TPSA) is 76.7 Å². The Balaban J connectivity index is 1.76. The van der Waals surface area contributed by atoms with Crippen LogP contribution in [0.15, 0.2) is 80.8 Å². The summed E-state index contributed by atoms with van der Waals surface area (Å²) in [6.07, 6.45) is 1.53. The van der Waals surface area contributed by atoms with E-state index in [-0.39, 0.29) is 5.91 Å². The molecule has 28 heavy (non-hydrogen) atoms. The van der Waals surface area contributed by atoms with E-state index >= 15 is 0 Å². The minimum absolute atomic E-state index is 0.371. The van der Waals surface area contributed by atoms with Gasteiger partial charge in [-0.1, -0.05) is 58.4 Å². The molecule has 5 nitrogen and oxygen atoms in total. The maximum atomic E-state index is 12.2. The van der Waals surface area contributed by atoms with E-state index in [0.29, 0.717) is 29.2 Å². The molecule has 0 saturated heterocycles. The zero-order valence-corrected chi connectivity index (χ0v) is 17.9. The number of hydrogen-bond acceptors (Lipinski definition) is 4. The molecule has 3 N–H and O–H groups in total. The molecular formula is C21H17Br2N3O2. The SMILES string of the molecule is Nc1ccccc1C(=O)N/N=C\c1cc(Br)cc(Br)c1OCc1ccccc1. The van der Waals surface area contributed by atoms with Crippen molar-refractivity contribution in [3.05, 3.63) is 92.4 Å². The largest absolute Gasteiger partial charge is 0.487 e. The highest BCUT2D eigenvalue weighted by Crippen LogP contribution is 2.32. The van der Waals surface area contributed by atoms with Gasteiger partial charge in [0.1, 0.15) is 12.4 Å². The van der Waals surface area contributed by atoms with Gasteiger partial charge in [-0.05, 0) is 45.8 Å². The third kappa shape index (κ3) is 5.21. The van der Waals surface area contributed by atoms with Gasteiger partial charge in [-0.15, -0.1) is 0 Å². The lowest BCUT2D eigenvalue weighted by atomic mass is 10.2. The van der Waals surface area contributed by atoms with Crippen LogP contribution in [0.1, 0.15) is 21.5 Å². The molecule has 0 unspecified atom stereocenters. The van der Waals surface area contributed by atoms with Crippen LogP contribution < -0.4 is 15.9 Å². The van der Waals surface area contributed by atoms with Gasteiger partial charge in [-0.25, -0.2) is 5.43 Å². The molecule has 0 bridgehead atoms. The van der Waals surface area contributed by atoms with Gasteiger partial charge in [-0.3, -0.25) is 4.79 Å². The predicted molar refractivity (Wildman–Crippen MR) is 119 cm³/mol. The fraction of sp³-hybridized carbons (Fsp3) is 0.0476. The third-order valence-electron chi connectivity index (χ3n) is 3.84. The summed E-state index contributed by atoms with van der Waals surface area (Å²) in [5, 5.41) is 4.06. The average Bonchev–Trinajstić information content (AvgIpc) is 2.68. The Bertz CT molecular complexity index is 1010. The van der Waals surface area contributed by atoms with Crippen molar-refractivity contribution < 1.29 is 9.53 Å². The second-order valence-electron chi connectivity index (χ2n) is 5.87. The first-order valence-corrected chi connectivity index (χ1v) is 9.97. The number of nitrogens with one attached hydrogen (secondary N) is 1. The van der Waals surface area contributed by atoms with Crippen LogP contribution in [-0.4, -0.2) is 12.1 Å². The van der Waals surface area contributed by atoms with E-state index in [1.807, 2.05) is 42.5 Å². The molecule has 0 aliphatic carbocycles. The lowest BCUT2D eigenvalue weighted by molar-refractivity contribution is 0.0956. The Morgan fingerprint density at radius 2 is 1.79 bits per heavy atom. The number of ether oxygens (including phenoxy) is 1. The number of anilines is 1. The Labute approximate surface area is 179 Å². The van der Waals surface area contributed by atoms with E-state index in [1.165, 1.54) is 6.21 Å². The molecule has 0 spiro atoms. The number of hydrazone groups is 1. The molecular weight excluding hydrogens is 486 g/mol. The number of nitrogens with two attached hydrogens (primary N) is 1. The van der Waals surface area contributed by atoms with Crippen LogP contribution in [0.4, 0.5) is 5.69 Å². The second-order valence-corrected chi connectivity index (χ2v) is 7.64. The molecule has 0 atom stereocenters. The highest BCUT2D eigenvalue weighted by atomic mass is 79.9. The van der Waals surface area contributed by atoms with Crippen LogP contribution in [0, 0.1) is 0 Å². The van der Waals surface area contributed by atoms with Gasteiger partial charge < -0.3 is 10.5 Å². The van der Waals surface area contributed by atoms with Gasteiger partial charge in [0.05, 0.1) is 16.3 Å². The van der Waals surface area contributed by atoms with Crippen molar-refractivity contribution >= 4 is 49.7 Å². The molecule has 1 amide bonds. The van der Waals surface area contributed by atoms with E-state index in [1.54, 1.807) is 24.3 Å². The van der Waals surface area contributed by atoms with E-state index in [0.717, 1.165) is 14.5 Å². The summed E-state index contributed by atoms with van der Waals surface area (Å²) in [6.45, 7) is 0.412. The fourth-order valence-corrected chi connectivity index (χ4v) is 3.86. The van der Waals surface area contributed by atoms with E-state index in [2.05, 4.69) is 42.4 Å². The summed E-state index contributed by atoms with van der Waals surface area (Å²) in [5.74, 6) is 0.249. The summed E-state index contributed by atoms with van der Waals surface area (Å²) in [4.78, 5) is 12.2. The zero-order valence-electron chi connectivity index (χ0n) is 14.7. The van der Waals surface area contributed by atoms with E-state index in [4.69, 9.17) is 10.5 Å². The van der Waals surface area contributed by atoms with Crippen LogP contribution in [0.25, 0.3) is 0 Å². The molecule has 142 valence electrons. The van der Waals surface area contributed by atoms with Crippen LogP contribution in [-0.2, 0) is 6.61 Å². The standard InChI is InChI=1S/C21H17Br2N3O2/c22-16-10-15(12-25-26-21(27)17-8-4-5-9-19(17)24)20(18(23)11-16)28-13-14-6-2-1-3-7-14/h1-12H,13,24H2,(H,26,27)/b25-12-. The van der Waals surface area contributed by atoms with Crippen molar-refractivity contribution in [3.63, 3.8) is 0 Å². The molecule has 7 heteroatoms. The molecule has 3 aromatic carbocycles. The Kier molecular flexibility index (Phi) is 6.84. The number of para-hydroxylation sites is 1. The van der Waals surface area contributed by atoms with Gasteiger partial charge in [0.2, 0.25) is 0 Å². The Hall–Kier alpha value is -2.64. The highest BCUT2D eigenvalue weighted by Gasteiger charge is 2.11. The van der Waals surface area contributed by atoms with Crippen molar-refractivity contribution in [1.29, 1.82) is 0 Å². The maximum absolute atomic E-state index is 12.2. The Morgan fingerprint density at radius 1 is 1.07 bits per heavy atom. The number of amides is 1. The summed E-state index contributed by atoms with van der Waals surface area (Å²) < 4.78 is 7.61. The number of hydrogen-bond donors (Lipinski definition) is 2. The molecule has 0 aliphatic rings. The second kappa shape index (κ2) is 9.52. The zero-order chi connectivity index (χ0) is 19.9. The first-order chi connectivity index (χ1) is 13.5. The number of benzene rings is 3. The summed E-state index contributed by atoms with van der Waals surface area (Å²) in [5.41, 5.74) is 10.8.